The van der Waals surface area contributed by atoms with Gasteiger partial charge in [0.05, 0.1) is 11.4 Å². The summed E-state index contributed by atoms with van der Waals surface area (Å²) in [5, 5.41) is 0. The maximum Gasteiger partial charge on any atom is 0.0759 e. The molecule has 0 saturated heterocycles. The largest absolute Gasteiger partial charge is 0.300 e. The highest BCUT2D eigenvalue weighted by atomic mass is 15.1. The van der Waals surface area contributed by atoms with Gasteiger partial charge < -0.3 is 4.90 Å². The van der Waals surface area contributed by atoms with E-state index in [1.807, 2.05) is 0 Å². The zero-order chi connectivity index (χ0) is 10.4. The minimum absolute atomic E-state index is 0.948. The van der Waals surface area contributed by atoms with Gasteiger partial charge in [-0.15, -0.1) is 0 Å². The molecule has 14 heavy (non-hydrogen) atoms. The van der Waals surface area contributed by atoms with E-state index in [-0.39, 0.29) is 0 Å². The predicted molar refractivity (Wildman–Crippen MR) is 58.0 cm³/mol. The van der Waals surface area contributed by atoms with Crippen molar-refractivity contribution in [2.45, 2.75) is 33.2 Å². The molecule has 78 valence electrons. The van der Waals surface area contributed by atoms with Crippen LogP contribution in [0.25, 0.3) is 0 Å². The Hall–Kier alpha value is -0.960. The number of hydrogen-bond acceptors (Lipinski definition) is 3. The quantitative estimate of drug-likeness (QED) is 0.630. The summed E-state index contributed by atoms with van der Waals surface area (Å²) in [5.41, 5.74) is 2.31. The lowest BCUT2D eigenvalue weighted by Gasteiger charge is -2.22. The zero-order valence-corrected chi connectivity index (χ0v) is 9.32. The Morgan fingerprint density at radius 3 is 2.43 bits per heavy atom. The van der Waals surface area contributed by atoms with E-state index in [2.05, 4.69) is 35.8 Å². The van der Waals surface area contributed by atoms with Crippen molar-refractivity contribution in [2.24, 2.45) is 0 Å². The molecule has 1 aliphatic rings. The molecule has 0 radical (unpaired) electrons. The van der Waals surface area contributed by atoms with Crippen molar-refractivity contribution in [3.8, 4) is 0 Å². The molecule has 0 saturated carbocycles. The van der Waals surface area contributed by atoms with Gasteiger partial charge in [-0.1, -0.05) is 20.3 Å². The second kappa shape index (κ2) is 5.70. The molecule has 0 bridgehead atoms. The smallest absolute Gasteiger partial charge is 0.0759 e. The topological polar surface area (TPSA) is 29.0 Å². The summed E-state index contributed by atoms with van der Waals surface area (Å²) >= 11 is 0. The van der Waals surface area contributed by atoms with E-state index in [9.17, 15) is 0 Å². The Bertz CT molecular complexity index is 273. The standard InChI is InChI=1S/C8H11N3.C3H8/c1-11-5-2-7-8(6-11)10-4-3-9-7;1-3-2/h3-4H,2,5-6H2,1H3;3H2,1-2H3. The van der Waals surface area contributed by atoms with Crippen molar-refractivity contribution in [1.82, 2.24) is 14.9 Å². The predicted octanol–water partition coefficient (Wildman–Crippen LogP) is 1.88. The Balaban J connectivity index is 0.000000293. The van der Waals surface area contributed by atoms with Crippen LogP contribution < -0.4 is 0 Å². The maximum absolute atomic E-state index is 4.27. The van der Waals surface area contributed by atoms with Crippen LogP contribution in [0.1, 0.15) is 31.7 Å². The third-order valence-corrected chi connectivity index (χ3v) is 2.01. The van der Waals surface area contributed by atoms with Crippen molar-refractivity contribution < 1.29 is 0 Å². The summed E-state index contributed by atoms with van der Waals surface area (Å²) < 4.78 is 0. The second-order valence-electron chi connectivity index (χ2n) is 3.64. The number of fused-ring (bicyclic) bond motifs is 1. The van der Waals surface area contributed by atoms with Crippen LogP contribution >= 0.6 is 0 Å². The van der Waals surface area contributed by atoms with Crippen LogP contribution in [0.5, 0.6) is 0 Å². The van der Waals surface area contributed by atoms with E-state index in [0.717, 1.165) is 25.2 Å². The molecule has 1 aliphatic heterocycles. The van der Waals surface area contributed by atoms with Gasteiger partial charge in [0, 0.05) is 31.9 Å². The number of nitrogens with zero attached hydrogens (tertiary/aromatic N) is 3. The van der Waals surface area contributed by atoms with Crippen molar-refractivity contribution in [3.63, 3.8) is 0 Å². The SMILES string of the molecule is CCC.CN1CCc2nccnc2C1. The highest BCUT2D eigenvalue weighted by Gasteiger charge is 2.13. The summed E-state index contributed by atoms with van der Waals surface area (Å²) in [4.78, 5) is 10.8. The van der Waals surface area contributed by atoms with Gasteiger partial charge in [-0.25, -0.2) is 0 Å². The molecule has 1 aromatic rings. The van der Waals surface area contributed by atoms with Gasteiger partial charge in [-0.2, -0.15) is 0 Å². The van der Waals surface area contributed by atoms with Gasteiger partial charge in [0.1, 0.15) is 0 Å². The van der Waals surface area contributed by atoms with E-state index in [1.165, 1.54) is 12.1 Å². The Morgan fingerprint density at radius 1 is 1.21 bits per heavy atom. The lowest BCUT2D eigenvalue weighted by molar-refractivity contribution is 0.304. The lowest BCUT2D eigenvalue weighted by atomic mass is 10.1. The molecule has 0 atom stereocenters. The molecule has 2 rings (SSSR count). The number of likely N-dealkylation sites (N-methyl/N-ethyl adjacent to an activating group) is 1. The molecule has 0 amide bonds. The van der Waals surface area contributed by atoms with Crippen LogP contribution in [0.15, 0.2) is 12.4 Å². The molecule has 0 unspecified atom stereocenters. The van der Waals surface area contributed by atoms with Crippen LogP contribution in [0.3, 0.4) is 0 Å². The molecule has 0 N–H and O–H groups in total. The lowest BCUT2D eigenvalue weighted by Crippen LogP contribution is -2.27. The third-order valence-electron chi connectivity index (χ3n) is 2.01. The van der Waals surface area contributed by atoms with Gasteiger partial charge in [-0.05, 0) is 7.05 Å². The van der Waals surface area contributed by atoms with Crippen LogP contribution in [-0.2, 0) is 13.0 Å². The fraction of sp³-hybridized carbons (Fsp3) is 0.636. The van der Waals surface area contributed by atoms with E-state index in [4.69, 9.17) is 0 Å². The highest BCUT2D eigenvalue weighted by molar-refractivity contribution is 5.13. The Kier molecular flexibility index (Phi) is 4.53. The molecular weight excluding hydrogens is 174 g/mol. The van der Waals surface area contributed by atoms with Crippen LogP contribution in [-0.4, -0.2) is 28.5 Å². The average Bonchev–Trinajstić information content (AvgIpc) is 2.19. The van der Waals surface area contributed by atoms with E-state index in [0.29, 0.717) is 0 Å². The molecule has 0 aromatic carbocycles. The molecule has 2 heterocycles. The minimum atomic E-state index is 0.948. The Labute approximate surface area is 86.2 Å². The van der Waals surface area contributed by atoms with E-state index in [1.54, 1.807) is 12.4 Å². The van der Waals surface area contributed by atoms with Gasteiger partial charge in [0.25, 0.3) is 0 Å². The molecule has 3 nitrogen and oxygen atoms in total. The summed E-state index contributed by atoms with van der Waals surface area (Å²) in [5.74, 6) is 0. The first-order chi connectivity index (χ1) is 6.77. The minimum Gasteiger partial charge on any atom is -0.300 e. The molecule has 0 fully saturated rings. The van der Waals surface area contributed by atoms with Crippen molar-refractivity contribution in [2.75, 3.05) is 13.6 Å². The second-order valence-corrected chi connectivity index (χ2v) is 3.64. The van der Waals surface area contributed by atoms with Crippen LogP contribution in [0, 0.1) is 0 Å². The summed E-state index contributed by atoms with van der Waals surface area (Å²) in [6.45, 7) is 6.30. The van der Waals surface area contributed by atoms with Crippen molar-refractivity contribution in [3.05, 3.63) is 23.8 Å². The molecule has 3 heteroatoms. The fourth-order valence-electron chi connectivity index (χ4n) is 1.37. The zero-order valence-electron chi connectivity index (χ0n) is 9.32. The van der Waals surface area contributed by atoms with Crippen molar-refractivity contribution >= 4 is 0 Å². The van der Waals surface area contributed by atoms with Gasteiger partial charge in [0.15, 0.2) is 0 Å². The third kappa shape index (κ3) is 3.07. The normalized spacial score (nSPS) is 15.4. The number of hydrogen-bond donors (Lipinski definition) is 0. The Morgan fingerprint density at radius 2 is 1.79 bits per heavy atom. The number of aromatic nitrogens is 2. The molecule has 1 aromatic heterocycles. The van der Waals surface area contributed by atoms with Gasteiger partial charge in [0.2, 0.25) is 0 Å². The number of rotatable bonds is 0. The van der Waals surface area contributed by atoms with Crippen molar-refractivity contribution in [1.29, 1.82) is 0 Å². The maximum atomic E-state index is 4.27. The van der Waals surface area contributed by atoms with E-state index < -0.39 is 0 Å². The first-order valence-corrected chi connectivity index (χ1v) is 5.25. The van der Waals surface area contributed by atoms with E-state index >= 15 is 0 Å². The summed E-state index contributed by atoms with van der Waals surface area (Å²) in [6.07, 6.45) is 5.82. The highest BCUT2D eigenvalue weighted by Crippen LogP contribution is 2.11. The molecule has 0 aliphatic carbocycles. The first-order valence-electron chi connectivity index (χ1n) is 5.25. The van der Waals surface area contributed by atoms with Gasteiger partial charge in [-0.3, -0.25) is 9.97 Å². The monoisotopic (exact) mass is 193 g/mol. The summed E-state index contributed by atoms with van der Waals surface area (Å²) in [6, 6.07) is 0. The van der Waals surface area contributed by atoms with Crippen LogP contribution in [0.4, 0.5) is 0 Å². The molecular formula is C11H19N3. The fourth-order valence-corrected chi connectivity index (χ4v) is 1.37. The molecule has 0 spiro atoms. The van der Waals surface area contributed by atoms with Gasteiger partial charge >= 0.3 is 0 Å². The summed E-state index contributed by atoms with van der Waals surface area (Å²) in [7, 11) is 2.11. The average molecular weight is 193 g/mol. The van der Waals surface area contributed by atoms with Crippen LogP contribution in [0.2, 0.25) is 0 Å². The first kappa shape index (κ1) is 11.1.